The second-order valence-electron chi connectivity index (χ2n) is 2.60. The molecule has 0 spiro atoms. The number of hydrogen-bond acceptors (Lipinski definition) is 5. The van der Waals surface area contributed by atoms with Crippen LogP contribution in [-0.4, -0.2) is 50.5 Å². The molecule has 13 heavy (non-hydrogen) atoms. The van der Waals surface area contributed by atoms with Gasteiger partial charge in [-0.05, 0) is 12.5 Å². The highest BCUT2D eigenvalue weighted by molar-refractivity contribution is 5.01. The molecule has 5 N–H and O–H groups in total. The molecule has 0 amide bonds. The highest BCUT2D eigenvalue weighted by atomic mass is 16.4. The second-order valence-corrected chi connectivity index (χ2v) is 2.60. The van der Waals surface area contributed by atoms with Crippen molar-refractivity contribution in [3.63, 3.8) is 0 Å². The first-order valence-corrected chi connectivity index (χ1v) is 3.87. The van der Waals surface area contributed by atoms with Gasteiger partial charge in [0.05, 0.1) is 6.61 Å². The van der Waals surface area contributed by atoms with Crippen molar-refractivity contribution >= 4 is 0 Å². The fourth-order valence-electron chi connectivity index (χ4n) is 0.762. The monoisotopic (exact) mass is 193 g/mol. The van der Waals surface area contributed by atoms with E-state index in [9.17, 15) is 5.11 Å². The summed E-state index contributed by atoms with van der Waals surface area (Å²) in [5, 5.41) is 44.9. The molecule has 5 nitrogen and oxygen atoms in total. The maximum absolute atomic E-state index is 9.21. The minimum Gasteiger partial charge on any atom is -0.510 e. The standard InChI is InChI=1S/C8H16O5/c1-2-3-5(10)7(12)8(13)6(11)4-9/h3,6-13H,2,4H2,1H3/t6-,7+,8-/m1/s1/i1D. The second kappa shape index (κ2) is 5.93. The van der Waals surface area contributed by atoms with Crippen LogP contribution in [0.25, 0.3) is 0 Å². The van der Waals surface area contributed by atoms with Crippen molar-refractivity contribution in [2.45, 2.75) is 31.6 Å². The van der Waals surface area contributed by atoms with Crippen LogP contribution in [0.5, 0.6) is 0 Å². The Labute approximate surface area is 78.0 Å². The summed E-state index contributed by atoms with van der Waals surface area (Å²) in [5.41, 5.74) is 0. The largest absolute Gasteiger partial charge is 0.510 e. The van der Waals surface area contributed by atoms with E-state index in [0.29, 0.717) is 0 Å². The first-order chi connectivity index (χ1) is 6.54. The lowest BCUT2D eigenvalue weighted by atomic mass is 10.1. The van der Waals surface area contributed by atoms with E-state index in [1.165, 1.54) is 6.08 Å². The lowest BCUT2D eigenvalue weighted by Gasteiger charge is -2.20. The number of rotatable bonds is 5. The Balaban J connectivity index is 4.22. The third-order valence-corrected chi connectivity index (χ3v) is 1.56. The molecule has 0 saturated carbocycles. The molecule has 0 aromatic heterocycles. The van der Waals surface area contributed by atoms with E-state index in [4.69, 9.17) is 21.8 Å². The maximum atomic E-state index is 9.21. The molecule has 0 saturated heterocycles. The average molecular weight is 193 g/mol. The van der Waals surface area contributed by atoms with Crippen LogP contribution in [0.2, 0.25) is 0 Å². The Morgan fingerprint density at radius 1 is 1.46 bits per heavy atom. The smallest absolute Gasteiger partial charge is 0.139 e. The van der Waals surface area contributed by atoms with Crippen molar-refractivity contribution in [3.8, 4) is 0 Å². The molecule has 3 atom stereocenters. The Morgan fingerprint density at radius 3 is 2.54 bits per heavy atom. The summed E-state index contributed by atoms with van der Waals surface area (Å²) in [6, 6.07) is 0. The topological polar surface area (TPSA) is 101 Å². The summed E-state index contributed by atoms with van der Waals surface area (Å²) in [4.78, 5) is 0. The van der Waals surface area contributed by atoms with Crippen molar-refractivity contribution in [2.75, 3.05) is 6.61 Å². The number of allylic oxidation sites excluding steroid dienone is 1. The summed E-state index contributed by atoms with van der Waals surface area (Å²) in [5.74, 6) is -0.503. The molecule has 0 aliphatic heterocycles. The SMILES string of the molecule is [2H]CCC=C(O)[C@H](O)[C@H](O)[C@H](O)CO. The summed E-state index contributed by atoms with van der Waals surface area (Å²) < 4.78 is 6.78. The van der Waals surface area contributed by atoms with Gasteiger partial charge in [-0.25, -0.2) is 0 Å². The van der Waals surface area contributed by atoms with Crippen LogP contribution in [0.3, 0.4) is 0 Å². The fraction of sp³-hybridized carbons (Fsp3) is 0.750. The van der Waals surface area contributed by atoms with Crippen LogP contribution in [0.15, 0.2) is 11.8 Å². The molecule has 0 aromatic carbocycles. The minimum absolute atomic E-state index is 0.0510. The van der Waals surface area contributed by atoms with Crippen molar-refractivity contribution in [1.82, 2.24) is 0 Å². The predicted molar refractivity (Wildman–Crippen MR) is 46.1 cm³/mol. The Hall–Kier alpha value is -0.620. The minimum atomic E-state index is -1.64. The van der Waals surface area contributed by atoms with E-state index >= 15 is 0 Å². The van der Waals surface area contributed by atoms with E-state index < -0.39 is 30.7 Å². The molecule has 0 heterocycles. The van der Waals surface area contributed by atoms with Gasteiger partial charge in [0.15, 0.2) is 0 Å². The average Bonchev–Trinajstić information content (AvgIpc) is 2.22. The van der Waals surface area contributed by atoms with Gasteiger partial charge in [0, 0.05) is 1.37 Å². The van der Waals surface area contributed by atoms with Gasteiger partial charge in [0.25, 0.3) is 0 Å². The molecule has 0 fully saturated rings. The molecule has 78 valence electrons. The van der Waals surface area contributed by atoms with Crippen LogP contribution in [0, 0.1) is 0 Å². The molecule has 0 aliphatic carbocycles. The van der Waals surface area contributed by atoms with Gasteiger partial charge in [-0.2, -0.15) is 0 Å². The van der Waals surface area contributed by atoms with Crippen molar-refractivity contribution in [3.05, 3.63) is 11.8 Å². The zero-order valence-electron chi connectivity index (χ0n) is 8.17. The van der Waals surface area contributed by atoms with Crippen molar-refractivity contribution < 1.29 is 26.9 Å². The Bertz CT molecular complexity index is 185. The number of aliphatic hydroxyl groups is 5. The van der Waals surface area contributed by atoms with Crippen LogP contribution in [0.1, 0.15) is 14.7 Å². The van der Waals surface area contributed by atoms with Crippen LogP contribution in [0.4, 0.5) is 0 Å². The van der Waals surface area contributed by atoms with Crippen molar-refractivity contribution in [2.24, 2.45) is 0 Å². The normalized spacial score (nSPS) is 20.6. The third-order valence-electron chi connectivity index (χ3n) is 1.56. The van der Waals surface area contributed by atoms with Crippen LogP contribution < -0.4 is 0 Å². The van der Waals surface area contributed by atoms with Gasteiger partial charge in [-0.3, -0.25) is 0 Å². The van der Waals surface area contributed by atoms with E-state index in [0.717, 1.165) is 0 Å². The fourth-order valence-corrected chi connectivity index (χ4v) is 0.762. The third kappa shape index (κ3) is 3.73. The number of hydrogen-bond donors (Lipinski definition) is 5. The summed E-state index contributed by atoms with van der Waals surface area (Å²) in [6.45, 7) is -0.653. The molecule has 0 aromatic rings. The highest BCUT2D eigenvalue weighted by Gasteiger charge is 2.26. The lowest BCUT2D eigenvalue weighted by Crippen LogP contribution is -2.40. The van der Waals surface area contributed by atoms with Gasteiger partial charge < -0.3 is 25.5 Å². The van der Waals surface area contributed by atoms with Gasteiger partial charge in [-0.15, -0.1) is 0 Å². The molecular weight excluding hydrogens is 176 g/mol. The Kier molecular flexibility index (Phi) is 4.77. The molecule has 0 rings (SSSR count). The van der Waals surface area contributed by atoms with E-state index in [1.54, 1.807) is 0 Å². The van der Waals surface area contributed by atoms with E-state index in [2.05, 4.69) is 0 Å². The van der Waals surface area contributed by atoms with Crippen LogP contribution in [-0.2, 0) is 0 Å². The summed E-state index contributed by atoms with van der Waals surface area (Å²) in [7, 11) is 0. The Morgan fingerprint density at radius 2 is 2.08 bits per heavy atom. The quantitative estimate of drug-likeness (QED) is 0.357. The predicted octanol–water partition coefficient (Wildman–Crippen LogP) is -1.09. The van der Waals surface area contributed by atoms with E-state index in [-0.39, 0.29) is 13.3 Å². The van der Waals surface area contributed by atoms with Gasteiger partial charge >= 0.3 is 0 Å². The molecular formula is C8H16O5. The zero-order chi connectivity index (χ0) is 11.1. The molecule has 0 radical (unpaired) electrons. The number of aliphatic hydroxyl groups excluding tert-OH is 5. The summed E-state index contributed by atoms with van der Waals surface area (Å²) in [6.07, 6.45) is -3.35. The summed E-state index contributed by atoms with van der Waals surface area (Å²) >= 11 is 0. The van der Waals surface area contributed by atoms with Gasteiger partial charge in [0.2, 0.25) is 0 Å². The van der Waals surface area contributed by atoms with E-state index in [1.807, 2.05) is 0 Å². The zero-order valence-corrected chi connectivity index (χ0v) is 7.17. The van der Waals surface area contributed by atoms with Gasteiger partial charge in [-0.1, -0.05) is 6.90 Å². The first kappa shape index (κ1) is 10.5. The molecule has 5 heteroatoms. The lowest BCUT2D eigenvalue weighted by molar-refractivity contribution is -0.0742. The molecule has 0 unspecified atom stereocenters. The first-order valence-electron chi connectivity index (χ1n) is 4.58. The van der Waals surface area contributed by atoms with Crippen molar-refractivity contribution in [1.29, 1.82) is 0 Å². The molecule has 0 bridgehead atoms. The van der Waals surface area contributed by atoms with Gasteiger partial charge in [0.1, 0.15) is 24.1 Å². The van der Waals surface area contributed by atoms with Crippen LogP contribution >= 0.6 is 0 Å². The maximum Gasteiger partial charge on any atom is 0.139 e. The highest BCUT2D eigenvalue weighted by Crippen LogP contribution is 2.08. The molecule has 0 aliphatic rings.